The molecule has 0 radical (unpaired) electrons. The van der Waals surface area contributed by atoms with Gasteiger partial charge in [0, 0.05) is 17.5 Å². The highest BCUT2D eigenvalue weighted by molar-refractivity contribution is 8.00. The summed E-state index contributed by atoms with van der Waals surface area (Å²) in [5.41, 5.74) is 4.12. The summed E-state index contributed by atoms with van der Waals surface area (Å²) in [6, 6.07) is 14.3. The Morgan fingerprint density at radius 3 is 2.50 bits per heavy atom. The average Bonchev–Trinajstić information content (AvgIpc) is 3.17. The zero-order valence-corrected chi connectivity index (χ0v) is 22.3. The van der Waals surface area contributed by atoms with Crippen molar-refractivity contribution in [1.82, 2.24) is 15.1 Å². The Labute approximate surface area is 216 Å². The van der Waals surface area contributed by atoms with Crippen LogP contribution in [0.5, 0.6) is 0 Å². The second kappa shape index (κ2) is 10.5. The van der Waals surface area contributed by atoms with Crippen molar-refractivity contribution in [2.24, 2.45) is 0 Å². The lowest BCUT2D eigenvalue weighted by atomic mass is 9.87. The SMILES string of the molecule is CCCNC(=O)CN1C(=O)CS[C@@H](c2ccc(F)cc2)c2c(C(C)(C)C)nn(-c3ccccc3C)c21. The number of rotatable bonds is 6. The van der Waals surface area contributed by atoms with Gasteiger partial charge in [0.2, 0.25) is 11.8 Å². The molecule has 0 fully saturated rings. The van der Waals surface area contributed by atoms with E-state index >= 15 is 0 Å². The van der Waals surface area contributed by atoms with Crippen LogP contribution in [0.4, 0.5) is 10.2 Å². The first kappa shape index (κ1) is 25.9. The molecule has 1 atom stereocenters. The van der Waals surface area contributed by atoms with Gasteiger partial charge in [0.1, 0.15) is 18.2 Å². The smallest absolute Gasteiger partial charge is 0.240 e. The van der Waals surface area contributed by atoms with Crippen LogP contribution < -0.4 is 10.2 Å². The number of thioether (sulfide) groups is 1. The summed E-state index contributed by atoms with van der Waals surface area (Å²) >= 11 is 1.49. The van der Waals surface area contributed by atoms with Gasteiger partial charge in [-0.2, -0.15) is 5.10 Å². The lowest BCUT2D eigenvalue weighted by Gasteiger charge is -2.24. The van der Waals surface area contributed by atoms with Crippen molar-refractivity contribution in [1.29, 1.82) is 0 Å². The van der Waals surface area contributed by atoms with Crippen LogP contribution in [0.1, 0.15) is 61.7 Å². The number of amides is 2. The quantitative estimate of drug-likeness (QED) is 0.490. The fourth-order valence-electron chi connectivity index (χ4n) is 4.41. The summed E-state index contributed by atoms with van der Waals surface area (Å²) in [5, 5.41) is 7.73. The topological polar surface area (TPSA) is 67.2 Å². The number of carbonyl (C=O) groups excluding carboxylic acids is 2. The molecule has 1 aliphatic heterocycles. The highest BCUT2D eigenvalue weighted by Crippen LogP contribution is 2.48. The molecule has 4 rings (SSSR count). The highest BCUT2D eigenvalue weighted by atomic mass is 32.2. The Morgan fingerprint density at radius 2 is 1.86 bits per heavy atom. The molecule has 0 bridgehead atoms. The molecule has 2 aromatic carbocycles. The third-order valence-electron chi connectivity index (χ3n) is 6.19. The summed E-state index contributed by atoms with van der Waals surface area (Å²) < 4.78 is 15.6. The minimum atomic E-state index is -0.347. The van der Waals surface area contributed by atoms with Gasteiger partial charge in [0.05, 0.1) is 22.4 Å². The predicted molar refractivity (Wildman–Crippen MR) is 143 cm³/mol. The van der Waals surface area contributed by atoms with Crippen LogP contribution >= 0.6 is 11.8 Å². The summed E-state index contributed by atoms with van der Waals surface area (Å²) in [4.78, 5) is 28.0. The molecule has 3 aromatic rings. The third kappa shape index (κ3) is 5.19. The summed E-state index contributed by atoms with van der Waals surface area (Å²) in [5.74, 6) is 0.110. The first-order valence-electron chi connectivity index (χ1n) is 12.2. The standard InChI is InChI=1S/C28H33FN4O2S/c1-6-15-30-22(34)16-32-23(35)17-36-25(19-11-13-20(29)14-12-19)24-26(28(3,4)5)31-33(27(24)32)21-10-8-7-9-18(21)2/h7-14,25H,6,15-17H2,1-5H3,(H,30,34)/t25-/m0/s1. The monoisotopic (exact) mass is 508 g/mol. The van der Waals surface area contributed by atoms with Gasteiger partial charge in [0.25, 0.3) is 0 Å². The maximum absolute atomic E-state index is 13.8. The molecular formula is C28H33FN4O2S. The number of aryl methyl sites for hydroxylation is 1. The van der Waals surface area contributed by atoms with E-state index in [2.05, 4.69) is 26.1 Å². The number of aromatic nitrogens is 2. The van der Waals surface area contributed by atoms with Crippen molar-refractivity contribution in [3.05, 3.63) is 76.7 Å². The van der Waals surface area contributed by atoms with E-state index < -0.39 is 0 Å². The van der Waals surface area contributed by atoms with E-state index in [9.17, 15) is 14.0 Å². The number of hydrogen-bond acceptors (Lipinski definition) is 4. The van der Waals surface area contributed by atoms with E-state index in [1.807, 2.05) is 42.8 Å². The second-order valence-corrected chi connectivity index (χ2v) is 11.2. The Hall–Kier alpha value is -3.13. The van der Waals surface area contributed by atoms with Crippen LogP contribution in [0.3, 0.4) is 0 Å². The van der Waals surface area contributed by atoms with Crippen molar-refractivity contribution < 1.29 is 14.0 Å². The van der Waals surface area contributed by atoms with Crippen molar-refractivity contribution in [3.8, 4) is 5.69 Å². The van der Waals surface area contributed by atoms with Gasteiger partial charge < -0.3 is 5.32 Å². The molecule has 0 aliphatic carbocycles. The zero-order valence-electron chi connectivity index (χ0n) is 21.5. The van der Waals surface area contributed by atoms with Crippen LogP contribution in [0.15, 0.2) is 48.5 Å². The van der Waals surface area contributed by atoms with Crippen molar-refractivity contribution in [2.75, 3.05) is 23.7 Å². The first-order valence-corrected chi connectivity index (χ1v) is 13.3. The number of hydrogen-bond donors (Lipinski definition) is 1. The van der Waals surface area contributed by atoms with Gasteiger partial charge >= 0.3 is 0 Å². The van der Waals surface area contributed by atoms with E-state index in [0.717, 1.165) is 34.5 Å². The van der Waals surface area contributed by atoms with E-state index in [-0.39, 0.29) is 40.6 Å². The van der Waals surface area contributed by atoms with Gasteiger partial charge in [0.15, 0.2) is 0 Å². The second-order valence-electron chi connectivity index (χ2n) is 10.1. The van der Waals surface area contributed by atoms with Crippen LogP contribution in [0, 0.1) is 12.7 Å². The molecule has 1 N–H and O–H groups in total. The largest absolute Gasteiger partial charge is 0.355 e. The molecular weight excluding hydrogens is 475 g/mol. The van der Waals surface area contributed by atoms with Gasteiger partial charge in [-0.05, 0) is 42.7 Å². The van der Waals surface area contributed by atoms with E-state index in [0.29, 0.717) is 12.4 Å². The number of nitrogens with zero attached hydrogens (tertiary/aromatic N) is 3. The number of benzene rings is 2. The number of carbonyl (C=O) groups is 2. The Balaban J connectivity index is 2.00. The molecule has 1 aliphatic rings. The van der Waals surface area contributed by atoms with E-state index in [4.69, 9.17) is 5.10 Å². The molecule has 0 saturated heterocycles. The molecule has 0 spiro atoms. The number of fused-ring (bicyclic) bond motifs is 1. The number of nitrogens with one attached hydrogen (secondary N) is 1. The molecule has 0 saturated carbocycles. The van der Waals surface area contributed by atoms with E-state index in [1.54, 1.807) is 17.0 Å². The third-order valence-corrected chi connectivity index (χ3v) is 7.44. The van der Waals surface area contributed by atoms with Crippen LogP contribution in [0.25, 0.3) is 5.69 Å². The zero-order chi connectivity index (χ0) is 26.0. The predicted octanol–water partition coefficient (Wildman–Crippen LogP) is 5.31. The van der Waals surface area contributed by atoms with Gasteiger partial charge in [-0.1, -0.05) is 58.0 Å². The molecule has 190 valence electrons. The lowest BCUT2D eigenvalue weighted by Crippen LogP contribution is -2.42. The Kier molecular flexibility index (Phi) is 7.54. The number of anilines is 1. The lowest BCUT2D eigenvalue weighted by molar-refractivity contribution is -0.122. The van der Waals surface area contributed by atoms with Gasteiger partial charge in [-0.25, -0.2) is 9.07 Å². The first-order chi connectivity index (χ1) is 17.1. The van der Waals surface area contributed by atoms with Crippen molar-refractivity contribution in [3.63, 3.8) is 0 Å². The van der Waals surface area contributed by atoms with Crippen LogP contribution in [-0.2, 0) is 15.0 Å². The summed E-state index contributed by atoms with van der Waals surface area (Å²) in [6.07, 6.45) is 0.808. The molecule has 0 unspecified atom stereocenters. The maximum atomic E-state index is 13.8. The summed E-state index contributed by atoms with van der Waals surface area (Å²) in [7, 11) is 0. The molecule has 36 heavy (non-hydrogen) atoms. The van der Waals surface area contributed by atoms with Gasteiger partial charge in [-0.15, -0.1) is 11.8 Å². The number of halogens is 1. The maximum Gasteiger partial charge on any atom is 0.240 e. The highest BCUT2D eigenvalue weighted by Gasteiger charge is 2.40. The van der Waals surface area contributed by atoms with Crippen LogP contribution in [-0.4, -0.2) is 40.4 Å². The molecule has 6 nitrogen and oxygen atoms in total. The minimum Gasteiger partial charge on any atom is -0.355 e. The summed E-state index contributed by atoms with van der Waals surface area (Å²) in [6.45, 7) is 10.7. The average molecular weight is 509 g/mol. The Bertz CT molecular complexity index is 1260. The molecule has 8 heteroatoms. The number of para-hydroxylation sites is 1. The fourth-order valence-corrected chi connectivity index (χ4v) is 5.61. The Morgan fingerprint density at radius 1 is 1.17 bits per heavy atom. The normalized spacial score (nSPS) is 16.0. The molecule has 2 amide bonds. The fraction of sp³-hybridized carbons (Fsp3) is 0.393. The minimum absolute atomic E-state index is 0.0936. The van der Waals surface area contributed by atoms with E-state index in [1.165, 1.54) is 23.9 Å². The molecule has 1 aromatic heterocycles. The molecule has 2 heterocycles. The van der Waals surface area contributed by atoms with Gasteiger partial charge in [-0.3, -0.25) is 14.5 Å². The van der Waals surface area contributed by atoms with Crippen molar-refractivity contribution in [2.45, 2.75) is 51.7 Å². The van der Waals surface area contributed by atoms with Crippen molar-refractivity contribution >= 4 is 29.4 Å². The van der Waals surface area contributed by atoms with Crippen LogP contribution in [0.2, 0.25) is 0 Å².